The highest BCUT2D eigenvalue weighted by atomic mass is 16.5. The van der Waals surface area contributed by atoms with E-state index < -0.39 is 0 Å². The Morgan fingerprint density at radius 2 is 1.52 bits per heavy atom. The van der Waals surface area contributed by atoms with Crippen molar-refractivity contribution >= 4 is 0 Å². The third-order valence-corrected chi connectivity index (χ3v) is 4.76. The quantitative estimate of drug-likeness (QED) is 0.651. The van der Waals surface area contributed by atoms with E-state index in [4.69, 9.17) is 4.74 Å². The molecule has 0 bridgehead atoms. The molecule has 2 aromatic rings. The largest absolute Gasteiger partial charge is 0.485 e. The van der Waals surface area contributed by atoms with Gasteiger partial charge in [0.15, 0.2) is 0 Å². The van der Waals surface area contributed by atoms with E-state index in [-0.39, 0.29) is 6.10 Å². The highest BCUT2D eigenvalue weighted by Crippen LogP contribution is 2.23. The van der Waals surface area contributed by atoms with Crippen LogP contribution >= 0.6 is 0 Å². The van der Waals surface area contributed by atoms with Gasteiger partial charge in [0.1, 0.15) is 18.4 Å². The average molecular weight is 312 g/mol. The van der Waals surface area contributed by atoms with Gasteiger partial charge in [-0.2, -0.15) is 0 Å². The first-order valence-electron chi connectivity index (χ1n) is 8.68. The molecule has 0 amide bonds. The molecule has 0 N–H and O–H groups in total. The lowest BCUT2D eigenvalue weighted by Gasteiger charge is -2.34. The summed E-state index contributed by atoms with van der Waals surface area (Å²) in [4.78, 5) is 0. The summed E-state index contributed by atoms with van der Waals surface area (Å²) in [5.41, 5.74) is 2.58. The van der Waals surface area contributed by atoms with Crippen LogP contribution in [0.1, 0.15) is 31.9 Å². The fourth-order valence-corrected chi connectivity index (χ4v) is 2.94. The second-order valence-electron chi connectivity index (χ2n) is 6.63. The fourth-order valence-electron chi connectivity index (χ4n) is 2.94. The van der Waals surface area contributed by atoms with Crippen molar-refractivity contribution in [2.45, 2.75) is 33.3 Å². The van der Waals surface area contributed by atoms with Crippen molar-refractivity contribution in [3.05, 3.63) is 65.7 Å². The molecular weight excluding hydrogens is 282 g/mol. The number of nitrogens with zero attached hydrogens (tertiary/aromatic N) is 1. The van der Waals surface area contributed by atoms with Crippen molar-refractivity contribution in [3.63, 3.8) is 0 Å². The molecule has 0 aliphatic rings. The molecule has 0 heterocycles. The summed E-state index contributed by atoms with van der Waals surface area (Å²) in [6, 6.07) is 19.0. The van der Waals surface area contributed by atoms with Gasteiger partial charge in [-0.3, -0.25) is 0 Å². The molecule has 0 saturated heterocycles. The van der Waals surface area contributed by atoms with Gasteiger partial charge in [-0.1, -0.05) is 48.5 Å². The van der Waals surface area contributed by atoms with E-state index in [0.717, 1.165) is 36.3 Å². The first kappa shape index (κ1) is 17.6. The van der Waals surface area contributed by atoms with Gasteiger partial charge in [0.05, 0.1) is 20.1 Å². The third-order valence-electron chi connectivity index (χ3n) is 4.76. The predicted octanol–water partition coefficient (Wildman–Crippen LogP) is 4.53. The zero-order chi connectivity index (χ0) is 16.7. The van der Waals surface area contributed by atoms with Crippen LogP contribution < -0.4 is 4.74 Å². The van der Waals surface area contributed by atoms with E-state index in [1.54, 1.807) is 0 Å². The van der Waals surface area contributed by atoms with E-state index in [1.165, 1.54) is 11.1 Å². The van der Waals surface area contributed by atoms with Crippen molar-refractivity contribution in [2.75, 3.05) is 26.7 Å². The van der Waals surface area contributed by atoms with Gasteiger partial charge in [-0.05, 0) is 38.0 Å². The van der Waals surface area contributed by atoms with Crippen LogP contribution in [-0.2, 0) is 6.42 Å². The maximum absolute atomic E-state index is 6.30. The van der Waals surface area contributed by atoms with Gasteiger partial charge in [0.2, 0.25) is 0 Å². The number of hydrogen-bond acceptors (Lipinski definition) is 1. The van der Waals surface area contributed by atoms with Crippen LogP contribution in [0.15, 0.2) is 54.6 Å². The number of quaternary nitrogens is 1. The molecule has 0 radical (unpaired) electrons. The van der Waals surface area contributed by atoms with Crippen LogP contribution in [0.2, 0.25) is 0 Å². The Morgan fingerprint density at radius 3 is 2.17 bits per heavy atom. The molecule has 0 aromatic heterocycles. The molecule has 0 aliphatic carbocycles. The van der Waals surface area contributed by atoms with Crippen LogP contribution in [0, 0.1) is 0 Å². The third kappa shape index (κ3) is 5.11. The number of likely N-dealkylation sites (N-methyl/N-ethyl adjacent to an activating group) is 1. The minimum atomic E-state index is 0.205. The SMILES string of the molecule is CC[N+](C)(CC)C[C@H](C)Oc1ccccc1Cc1ccccc1. The zero-order valence-electron chi connectivity index (χ0n) is 15.0. The van der Waals surface area contributed by atoms with E-state index in [2.05, 4.69) is 82.4 Å². The smallest absolute Gasteiger partial charge is 0.145 e. The standard InChI is InChI=1S/C21H30NO/c1-5-22(4,6-2)17-18(3)23-21-15-11-10-14-20(21)16-19-12-8-7-9-13-19/h7-15,18H,5-6,16-17H2,1-4H3/q+1/t18-/m0/s1. The first-order chi connectivity index (χ1) is 11.1. The van der Waals surface area contributed by atoms with Crippen LogP contribution in [0.3, 0.4) is 0 Å². The molecule has 1 atom stereocenters. The maximum atomic E-state index is 6.30. The van der Waals surface area contributed by atoms with Gasteiger partial charge in [-0.15, -0.1) is 0 Å². The van der Waals surface area contributed by atoms with Crippen LogP contribution in [-0.4, -0.2) is 37.3 Å². The number of ether oxygens (including phenoxy) is 1. The summed E-state index contributed by atoms with van der Waals surface area (Å²) in [5.74, 6) is 1.02. The number of para-hydroxylation sites is 1. The van der Waals surface area contributed by atoms with E-state index >= 15 is 0 Å². The van der Waals surface area contributed by atoms with Crippen LogP contribution in [0.5, 0.6) is 5.75 Å². The van der Waals surface area contributed by atoms with Crippen molar-refractivity contribution in [2.24, 2.45) is 0 Å². The van der Waals surface area contributed by atoms with E-state index in [9.17, 15) is 0 Å². The zero-order valence-corrected chi connectivity index (χ0v) is 15.0. The summed E-state index contributed by atoms with van der Waals surface area (Å²) in [5, 5.41) is 0. The molecule has 124 valence electrons. The fraction of sp³-hybridized carbons (Fsp3) is 0.429. The minimum Gasteiger partial charge on any atom is -0.485 e. The molecule has 23 heavy (non-hydrogen) atoms. The predicted molar refractivity (Wildman–Crippen MR) is 97.9 cm³/mol. The van der Waals surface area contributed by atoms with Gasteiger partial charge < -0.3 is 9.22 Å². The summed E-state index contributed by atoms with van der Waals surface area (Å²) in [6.07, 6.45) is 1.12. The number of benzene rings is 2. The molecular formula is C21H30NO+. The van der Waals surface area contributed by atoms with Gasteiger partial charge in [0.25, 0.3) is 0 Å². The van der Waals surface area contributed by atoms with Crippen molar-refractivity contribution in [1.29, 1.82) is 0 Å². The summed E-state index contributed by atoms with van der Waals surface area (Å²) in [6.45, 7) is 9.98. The number of rotatable bonds is 8. The lowest BCUT2D eigenvalue weighted by Crippen LogP contribution is -2.49. The second kappa shape index (κ2) is 8.16. The van der Waals surface area contributed by atoms with E-state index in [0.29, 0.717) is 0 Å². The monoisotopic (exact) mass is 312 g/mol. The lowest BCUT2D eigenvalue weighted by atomic mass is 10.0. The Hall–Kier alpha value is -1.80. The molecule has 2 aromatic carbocycles. The number of hydrogen-bond donors (Lipinski definition) is 0. The Morgan fingerprint density at radius 1 is 0.913 bits per heavy atom. The molecule has 0 spiro atoms. The Kier molecular flexibility index (Phi) is 6.23. The van der Waals surface area contributed by atoms with Crippen molar-refractivity contribution in [3.8, 4) is 5.75 Å². The van der Waals surface area contributed by atoms with Crippen molar-refractivity contribution < 1.29 is 9.22 Å². The average Bonchev–Trinajstić information content (AvgIpc) is 2.57. The summed E-state index contributed by atoms with van der Waals surface area (Å²) in [7, 11) is 2.30. The summed E-state index contributed by atoms with van der Waals surface area (Å²) < 4.78 is 7.35. The van der Waals surface area contributed by atoms with E-state index in [1.807, 2.05) is 0 Å². The summed E-state index contributed by atoms with van der Waals surface area (Å²) >= 11 is 0. The van der Waals surface area contributed by atoms with Gasteiger partial charge >= 0.3 is 0 Å². The Labute approximate surface area is 141 Å². The Balaban J connectivity index is 2.08. The highest BCUT2D eigenvalue weighted by molar-refractivity contribution is 5.37. The first-order valence-corrected chi connectivity index (χ1v) is 8.68. The normalized spacial score (nSPS) is 12.9. The molecule has 0 saturated carbocycles. The second-order valence-corrected chi connectivity index (χ2v) is 6.63. The molecule has 2 rings (SSSR count). The lowest BCUT2D eigenvalue weighted by molar-refractivity contribution is -0.908. The van der Waals surface area contributed by atoms with Crippen LogP contribution in [0.4, 0.5) is 0 Å². The molecule has 2 heteroatoms. The Bertz CT molecular complexity index is 590. The maximum Gasteiger partial charge on any atom is 0.145 e. The minimum absolute atomic E-state index is 0.205. The highest BCUT2D eigenvalue weighted by Gasteiger charge is 2.22. The van der Waals surface area contributed by atoms with Gasteiger partial charge in [-0.25, -0.2) is 0 Å². The topological polar surface area (TPSA) is 9.23 Å². The van der Waals surface area contributed by atoms with Crippen molar-refractivity contribution in [1.82, 2.24) is 0 Å². The molecule has 2 nitrogen and oxygen atoms in total. The van der Waals surface area contributed by atoms with Crippen LogP contribution in [0.25, 0.3) is 0 Å². The van der Waals surface area contributed by atoms with Gasteiger partial charge in [0, 0.05) is 6.42 Å². The molecule has 0 fully saturated rings. The molecule has 0 unspecified atom stereocenters. The molecule has 0 aliphatic heterocycles.